The van der Waals surface area contributed by atoms with Crippen LogP contribution in [0.25, 0.3) is 0 Å². The van der Waals surface area contributed by atoms with Gasteiger partial charge in [0.25, 0.3) is 0 Å². The van der Waals surface area contributed by atoms with E-state index in [0.29, 0.717) is 87.9 Å². The van der Waals surface area contributed by atoms with Crippen molar-refractivity contribution in [1.82, 2.24) is 29.4 Å². The van der Waals surface area contributed by atoms with Gasteiger partial charge in [-0.05, 0) is 204 Å². The third-order valence-corrected chi connectivity index (χ3v) is 32.3. The van der Waals surface area contributed by atoms with Crippen LogP contribution in [0, 0.1) is 25.7 Å². The first-order valence-corrected chi connectivity index (χ1v) is 48.4. The molecule has 6 aliphatic heterocycles. The molecule has 12 nitrogen and oxygen atoms in total. The summed E-state index contributed by atoms with van der Waals surface area (Å²) in [4.78, 5) is 90.5. The van der Waals surface area contributed by atoms with Crippen LogP contribution in [-0.4, -0.2) is 104 Å². The van der Waals surface area contributed by atoms with Crippen LogP contribution in [0.2, 0.25) is 26.0 Å². The van der Waals surface area contributed by atoms with Gasteiger partial charge in [-0.15, -0.1) is 68.0 Å². The molecule has 0 radical (unpaired) electrons. The third-order valence-electron chi connectivity index (χ3n) is 24.4. The molecule has 12 heterocycles. The van der Waals surface area contributed by atoms with E-state index in [4.69, 9.17) is 69.6 Å². The quantitative estimate of drug-likeness (QED) is 0.1000. The maximum Gasteiger partial charge on any atom is 0.246 e. The summed E-state index contributed by atoms with van der Waals surface area (Å²) in [6.07, 6.45) is 20.7. The summed E-state index contributed by atoms with van der Waals surface area (Å²) >= 11 is 46.7. The number of rotatable bonds is 14. The van der Waals surface area contributed by atoms with Crippen molar-refractivity contribution in [3.63, 3.8) is 0 Å². The molecule has 636 valence electrons. The zero-order valence-corrected chi connectivity index (χ0v) is 78.0. The van der Waals surface area contributed by atoms with Crippen LogP contribution in [0.1, 0.15) is 183 Å². The topological polar surface area (TPSA) is 122 Å². The van der Waals surface area contributed by atoms with E-state index in [-0.39, 0.29) is 47.3 Å². The van der Waals surface area contributed by atoms with Gasteiger partial charge in [-0.25, -0.2) is 0 Å². The number of carbonyl (C=O) groups excluding carboxylic acids is 6. The maximum atomic E-state index is 12.0. The predicted octanol–water partition coefficient (Wildman–Crippen LogP) is 25.7. The Morgan fingerprint density at radius 2 is 0.598 bits per heavy atom. The highest BCUT2D eigenvalue weighted by atomic mass is 35.5. The minimum absolute atomic E-state index is 0.0109. The highest BCUT2D eigenvalue weighted by Crippen LogP contribution is 2.50. The molecule has 2 fully saturated rings. The lowest BCUT2D eigenvalue weighted by atomic mass is 9.82. The standard InChI is InChI=1S/4C17H16ClNOS.2C15H18ClNOS/c2*1-3-16(20)19-9-12-8-15(18)21-17(12)14(10-19)13-7-5-4-6-11(13)2;2*1-2-17(20)19-10-13(8-12-6-4-3-5-7-12)14-9-16(18)21-15(14)11-19;2*1-2-15(18)17-8-12(10-5-3-4-6-10)11-7-14(16)19-13(11)9-17/h2*3-8,14H,1,9-10H2,2H3;2*2-7,9,13H,1,8,10-11H2;2*2,7,10,12H,1,3-6,8-9H2/t2*14-;2*13-;2*12-/m101010/s1. The maximum absolute atomic E-state index is 12.0. The SMILES string of the molecule is C=CC(=O)N1Cc2cc(Cl)sc2[C@@H](c2ccccc2C)C1.C=CC(=O)N1Cc2cc(Cl)sc2[C@H](c2ccccc2C)C1.C=CC(=O)N1Cc2sc(Cl)cc2[C@@H](C2CCCC2)C1.C=CC(=O)N1Cc2sc(Cl)cc2[C@@H](Cc2ccccc2)C1.C=CC(=O)N1Cc2sc(Cl)cc2[C@H](C2CCCC2)C1.C=CC(=O)N1Cc2sc(Cl)cc2[C@H](Cc2ccccc2)C1. The van der Waals surface area contributed by atoms with Crippen molar-refractivity contribution in [2.45, 2.75) is 153 Å². The highest BCUT2D eigenvalue weighted by molar-refractivity contribution is 7.18. The van der Waals surface area contributed by atoms with Gasteiger partial charge in [0.15, 0.2) is 0 Å². The van der Waals surface area contributed by atoms with Crippen molar-refractivity contribution < 1.29 is 28.8 Å². The molecule has 8 aliphatic rings. The minimum Gasteiger partial charge on any atom is -0.334 e. The van der Waals surface area contributed by atoms with E-state index in [2.05, 4.69) is 126 Å². The van der Waals surface area contributed by atoms with Crippen molar-refractivity contribution in [3.8, 4) is 0 Å². The zero-order valence-electron chi connectivity index (χ0n) is 68.6. The molecule has 0 unspecified atom stereocenters. The largest absolute Gasteiger partial charge is 0.334 e. The summed E-state index contributed by atoms with van der Waals surface area (Å²) in [7, 11) is 0. The number of hydrogen-bond acceptors (Lipinski definition) is 12. The van der Waals surface area contributed by atoms with E-state index in [1.165, 1.54) is 173 Å². The molecule has 2 aliphatic carbocycles. The second-order valence-corrected chi connectivity index (χ2v) is 42.5. The summed E-state index contributed by atoms with van der Waals surface area (Å²) in [5.74, 6) is 3.35. The fraction of sp³-hybridized carbons (Fsp3) is 0.327. The van der Waals surface area contributed by atoms with Crippen LogP contribution < -0.4 is 0 Å². The lowest BCUT2D eigenvalue weighted by molar-refractivity contribution is -0.128. The van der Waals surface area contributed by atoms with E-state index >= 15 is 0 Å². The van der Waals surface area contributed by atoms with Crippen LogP contribution in [0.15, 0.2) is 222 Å². The molecule has 6 aromatic heterocycles. The minimum atomic E-state index is -0.0263. The van der Waals surface area contributed by atoms with E-state index in [9.17, 15) is 28.8 Å². The highest BCUT2D eigenvalue weighted by Gasteiger charge is 2.40. The third kappa shape index (κ3) is 22.5. The molecule has 10 aromatic rings. The van der Waals surface area contributed by atoms with Gasteiger partial charge >= 0.3 is 0 Å². The number of amides is 6. The Kier molecular flexibility index (Phi) is 32.2. The Morgan fingerprint density at radius 3 is 0.910 bits per heavy atom. The monoisotopic (exact) mass is 1860 g/mol. The first kappa shape index (κ1) is 91.8. The van der Waals surface area contributed by atoms with Crippen LogP contribution in [0.4, 0.5) is 0 Å². The Labute approximate surface area is 771 Å². The number of fused-ring (bicyclic) bond motifs is 6. The van der Waals surface area contributed by atoms with Crippen LogP contribution in [0.5, 0.6) is 0 Å². The molecule has 24 heteroatoms. The van der Waals surface area contributed by atoms with E-state index < -0.39 is 0 Å². The van der Waals surface area contributed by atoms with Crippen molar-refractivity contribution in [3.05, 3.63) is 344 Å². The molecule has 0 spiro atoms. The van der Waals surface area contributed by atoms with Gasteiger partial charge in [0.1, 0.15) is 0 Å². The number of thiophene rings is 6. The van der Waals surface area contributed by atoms with Gasteiger partial charge in [0, 0.05) is 117 Å². The van der Waals surface area contributed by atoms with Crippen molar-refractivity contribution in [2.75, 3.05) is 39.3 Å². The van der Waals surface area contributed by atoms with Gasteiger partial charge < -0.3 is 29.4 Å². The lowest BCUT2D eigenvalue weighted by Crippen LogP contribution is -2.38. The van der Waals surface area contributed by atoms with Crippen molar-refractivity contribution >= 4 is 173 Å². The van der Waals surface area contributed by atoms with Gasteiger partial charge in [-0.3, -0.25) is 28.8 Å². The van der Waals surface area contributed by atoms with Gasteiger partial charge in [-0.1, -0.05) is 244 Å². The van der Waals surface area contributed by atoms with Crippen LogP contribution in [0.3, 0.4) is 0 Å². The first-order valence-electron chi connectivity index (χ1n) is 41.3. The first-order chi connectivity index (χ1) is 58.9. The average Bonchev–Trinajstić information content (AvgIpc) is 1.45. The molecule has 4 aromatic carbocycles. The molecule has 2 saturated carbocycles. The lowest BCUT2D eigenvalue weighted by Gasteiger charge is -2.35. The van der Waals surface area contributed by atoms with E-state index in [1.807, 2.05) is 102 Å². The van der Waals surface area contributed by atoms with Gasteiger partial charge in [0.05, 0.1) is 52.2 Å². The summed E-state index contributed by atoms with van der Waals surface area (Å²) in [5.41, 5.74) is 15.3. The van der Waals surface area contributed by atoms with E-state index in [0.717, 1.165) is 76.2 Å². The molecule has 0 N–H and O–H groups in total. The molecule has 122 heavy (non-hydrogen) atoms. The average molecular weight is 1860 g/mol. The number of aryl methyl sites for hydroxylation is 2. The van der Waals surface area contributed by atoms with Crippen LogP contribution in [-0.2, 0) is 80.9 Å². The fourth-order valence-corrected chi connectivity index (χ4v) is 26.8. The summed E-state index contributed by atoms with van der Waals surface area (Å²) in [6, 6.07) is 49.7. The molecule has 0 saturated heterocycles. The van der Waals surface area contributed by atoms with Crippen molar-refractivity contribution in [2.24, 2.45) is 11.8 Å². The zero-order chi connectivity index (χ0) is 86.4. The Bertz CT molecular complexity index is 5130. The number of hydrogen-bond donors (Lipinski definition) is 0. The number of halogens is 6. The Hall–Kier alpha value is -7.92. The fourth-order valence-electron chi connectivity index (χ4n) is 18.5. The number of nitrogens with zero attached hydrogens (tertiary/aromatic N) is 6. The smallest absolute Gasteiger partial charge is 0.246 e. The van der Waals surface area contributed by atoms with Gasteiger partial charge in [-0.2, -0.15) is 0 Å². The molecule has 6 amide bonds. The van der Waals surface area contributed by atoms with Crippen molar-refractivity contribution in [1.29, 1.82) is 0 Å². The second kappa shape index (κ2) is 42.8. The molecule has 18 rings (SSSR count). The Balaban J connectivity index is 0.000000126. The summed E-state index contributed by atoms with van der Waals surface area (Å²) in [6.45, 7) is 34.2. The van der Waals surface area contributed by atoms with E-state index in [1.54, 1.807) is 68.0 Å². The molecular weight excluding hydrogens is 1760 g/mol. The van der Waals surface area contributed by atoms with Gasteiger partial charge in [0.2, 0.25) is 35.4 Å². The summed E-state index contributed by atoms with van der Waals surface area (Å²) < 4.78 is 4.86. The number of carbonyl (C=O) groups is 6. The summed E-state index contributed by atoms with van der Waals surface area (Å²) in [5, 5.41) is 0. The normalized spacial score (nSPS) is 19.3. The number of benzene rings is 4. The molecular formula is C98H100Cl6N6O6S6. The molecule has 0 bridgehead atoms. The molecule has 6 atom stereocenters. The van der Waals surface area contributed by atoms with Crippen LogP contribution >= 0.6 is 138 Å². The second-order valence-electron chi connectivity index (χ2n) is 32.0. The predicted molar refractivity (Wildman–Crippen MR) is 511 cm³/mol. The Morgan fingerprint density at radius 1 is 0.328 bits per heavy atom.